The van der Waals surface area contributed by atoms with Crippen molar-refractivity contribution in [3.63, 3.8) is 0 Å². The number of fused-ring (bicyclic) bond motifs is 8. The Morgan fingerprint density at radius 3 is 2.06 bits per heavy atom. The first-order valence-electron chi connectivity index (χ1n) is 26.9. The number of rotatable bonds is 5. The molecule has 24 heteroatoms. The molecule has 0 radical (unpaired) electrons. The topological polar surface area (TPSA) is 233 Å². The first kappa shape index (κ1) is 47.4. The zero-order valence-corrected chi connectivity index (χ0v) is 43.7. The summed E-state index contributed by atoms with van der Waals surface area (Å²) in [6.45, 7) is 11.7. The number of aromatic amines is 1. The molecule has 2 saturated carbocycles. The highest BCUT2D eigenvalue weighted by molar-refractivity contribution is 8.24. The molecule has 2 aliphatic heterocycles. The molecule has 0 amide bonds. The number of nitrogens with one attached hydrogen (secondary N) is 2. The Morgan fingerprint density at radius 1 is 0.845 bits per heavy atom. The molecular formula is C47H59Cl5F2N13O3P. The number of ether oxygens (including phenoxy) is 1. The quantitative estimate of drug-likeness (QED) is 0.0613. The number of aromatic nitrogens is 9. The average molecular weight is 1110 g/mol. The Kier molecular flexibility index (Phi) is 14.8. The predicted octanol–water partition coefficient (Wildman–Crippen LogP) is 11.4. The van der Waals surface area contributed by atoms with Crippen molar-refractivity contribution in [2.24, 2.45) is 35.1 Å². The van der Waals surface area contributed by atoms with Gasteiger partial charge in [0.15, 0.2) is 11.5 Å². The molecule has 5 aliphatic rings. The van der Waals surface area contributed by atoms with Crippen LogP contribution < -0.4 is 26.4 Å². The van der Waals surface area contributed by atoms with Crippen LogP contribution in [0, 0.1) is 49.2 Å². The standard InChI is InChI=1S/C23H24FN7O.C13H9Cl2FN2.C6H12N2.C5H6N2O.Cl3OP.4H2/c1-3-12-4-14(24)6-16-19-21(28-20(12)16)29-23(32-15-7-26-11(2)27-8-15)30-22(19)31-9-13-5-18(25)17(13)10-31;1-2-6-3-7(16)4-9-8(6)5-10-11(9)12(14)18-13(15)17-10;7-6-1-4-2-8-3-5(4)6;1-4-6-2-5(8)3-7-4;1-5(2,3)4;;;;/h4,6-8,13,17-18H,3,5,9-10,25H2,1-2H3,(H,28,29,30);3-4H,2,5H2,1H3;4-6,8H,1-3,7H2;2-3,8H,1H3;;4*1H/i;;;;;4*1+1D. The van der Waals surface area contributed by atoms with Gasteiger partial charge in [-0.25, -0.2) is 38.7 Å². The lowest BCUT2D eigenvalue weighted by atomic mass is 9.72. The van der Waals surface area contributed by atoms with Crippen molar-refractivity contribution in [2.75, 3.05) is 31.1 Å². The number of halogens is 7. The smallest absolute Gasteiger partial charge is 0.339 e. The number of aryl methyl sites for hydroxylation is 4. The van der Waals surface area contributed by atoms with E-state index < -0.39 is 5.20 Å². The molecule has 12 rings (SSSR count). The molecule has 3 aliphatic carbocycles. The first-order chi connectivity index (χ1) is 37.8. The van der Waals surface area contributed by atoms with Crippen molar-refractivity contribution in [3.8, 4) is 28.6 Å². The molecule has 0 spiro atoms. The van der Waals surface area contributed by atoms with Crippen LogP contribution in [0.1, 0.15) is 72.6 Å². The fourth-order valence-electron chi connectivity index (χ4n) is 9.80. The van der Waals surface area contributed by atoms with Gasteiger partial charge in [-0.1, -0.05) is 25.4 Å². The number of nitrogens with zero attached hydrogens (tertiary/aromatic N) is 9. The summed E-state index contributed by atoms with van der Waals surface area (Å²) in [6.07, 6.45) is 10.3. The number of hydrogen-bond donors (Lipinski definition) is 5. The van der Waals surface area contributed by atoms with Crippen LogP contribution in [0.4, 0.5) is 14.6 Å². The normalized spacial score (nSPS) is 21.5. The molecule has 0 bridgehead atoms. The minimum absolute atomic E-state index is 0.107. The van der Waals surface area contributed by atoms with E-state index in [1.54, 1.807) is 37.5 Å². The Hall–Kier alpha value is -4.62. The summed E-state index contributed by atoms with van der Waals surface area (Å²) in [6, 6.07) is 7.14. The maximum Gasteiger partial charge on any atom is 0.339 e. The third-order valence-corrected chi connectivity index (χ3v) is 13.8. The monoisotopic (exact) mass is 1110 g/mol. The molecule has 6 atom stereocenters. The Labute approximate surface area is 445 Å². The van der Waals surface area contributed by atoms with E-state index in [-0.39, 0.29) is 39.9 Å². The molecule has 7 aromatic rings. The van der Waals surface area contributed by atoms with Gasteiger partial charge in [-0.15, -0.1) is 0 Å². The third-order valence-electron chi connectivity index (χ3n) is 13.3. The number of aromatic hydroxyl groups is 1. The van der Waals surface area contributed by atoms with E-state index >= 15 is 0 Å². The summed E-state index contributed by atoms with van der Waals surface area (Å²) in [5, 5.41) is 10.8. The highest BCUT2D eigenvalue weighted by Crippen LogP contribution is 2.61. The maximum absolute atomic E-state index is 14.5. The molecule has 5 aromatic heterocycles. The second-order valence-corrected chi connectivity index (χ2v) is 25.2. The number of hydrogen-bond acceptors (Lipinski definition) is 15. The summed E-state index contributed by atoms with van der Waals surface area (Å²) in [4.78, 5) is 38.9. The second kappa shape index (κ2) is 22.2. The third kappa shape index (κ3) is 12.4. The van der Waals surface area contributed by atoms with Crippen LogP contribution in [-0.2, 0) is 23.8 Å². The molecule has 71 heavy (non-hydrogen) atoms. The van der Waals surface area contributed by atoms with E-state index in [4.69, 9.17) is 61.4 Å². The molecule has 6 unspecified atom stereocenters. The highest BCUT2D eigenvalue weighted by Gasteiger charge is 2.46. The van der Waals surface area contributed by atoms with Crippen LogP contribution in [0.3, 0.4) is 0 Å². The van der Waals surface area contributed by atoms with Gasteiger partial charge in [-0.3, -0.25) is 4.57 Å². The van der Waals surface area contributed by atoms with Gasteiger partial charge in [-0.05, 0) is 168 Å². The summed E-state index contributed by atoms with van der Waals surface area (Å²) >= 11 is 25.7. The van der Waals surface area contributed by atoms with Gasteiger partial charge >= 0.3 is 11.2 Å². The van der Waals surface area contributed by atoms with E-state index in [0.29, 0.717) is 59.3 Å². The Balaban J connectivity index is 0.000000240. The summed E-state index contributed by atoms with van der Waals surface area (Å²) in [5.41, 5.74) is 18.7. The molecule has 7 heterocycles. The summed E-state index contributed by atoms with van der Waals surface area (Å²) in [7, 11) is 0. The Morgan fingerprint density at radius 2 is 1.46 bits per heavy atom. The Bertz CT molecular complexity index is 3110. The highest BCUT2D eigenvalue weighted by atomic mass is 36.0. The number of benzene rings is 2. The first-order valence-corrected chi connectivity index (χ1v) is 28.1. The molecular weight excluding hydrogens is 1040 g/mol. The molecule has 7 N–H and O–H groups in total. The molecule has 16 nitrogen and oxygen atoms in total. The molecule has 2 saturated heterocycles. The molecule has 4 fully saturated rings. The number of nitrogens with two attached hydrogens (primary N) is 2. The SMILES string of the molecule is CCc1cc(F)cc2c1Cc1nc(Cl)nc(Cl)c1-2.CCc1cc(F)cc2c1[nH]c1nc(Oc3cnc(C)nc3)nc(N3CC4CC(N)C4C3)c12.Cc1ncc(O)cn1.NC1CC2CNCC12.O=P(Cl)(Cl)Cl.[2H][2H].[2H][2H].[2H][2H].[2H][2H]. The van der Waals surface area contributed by atoms with Gasteiger partial charge in [0.2, 0.25) is 5.28 Å². The van der Waals surface area contributed by atoms with Crippen LogP contribution in [0.15, 0.2) is 49.1 Å². The molecule has 2 aromatic carbocycles. The summed E-state index contributed by atoms with van der Waals surface area (Å²) in [5.74, 6) is 4.91. The van der Waals surface area contributed by atoms with Crippen molar-refractivity contribution in [3.05, 3.63) is 105 Å². The maximum atomic E-state index is 14.5. The largest absolute Gasteiger partial charge is 0.505 e. The lowest BCUT2D eigenvalue weighted by molar-refractivity contribution is 0.194. The minimum Gasteiger partial charge on any atom is -0.505 e. The van der Waals surface area contributed by atoms with Crippen molar-refractivity contribution >= 4 is 89.9 Å². The van der Waals surface area contributed by atoms with Gasteiger partial charge in [-0.2, -0.15) is 9.97 Å². The van der Waals surface area contributed by atoms with E-state index in [1.807, 2.05) is 20.8 Å². The minimum atomic E-state index is -3.22. The van der Waals surface area contributed by atoms with Gasteiger partial charge in [0.1, 0.15) is 39.9 Å². The fraction of sp³-hybridized carbons (Fsp3) is 0.404. The van der Waals surface area contributed by atoms with Crippen LogP contribution in [-0.4, -0.2) is 88.2 Å². The van der Waals surface area contributed by atoms with Crippen molar-refractivity contribution in [1.82, 2.24) is 50.2 Å². The van der Waals surface area contributed by atoms with Crippen molar-refractivity contribution < 1.29 is 35.1 Å². The van der Waals surface area contributed by atoms with E-state index in [2.05, 4.69) is 83.8 Å². The number of anilines is 1. The molecule has 384 valence electrons. The van der Waals surface area contributed by atoms with E-state index in [9.17, 15) is 13.3 Å². The fourth-order valence-corrected chi connectivity index (χ4v) is 10.3. The zero-order valence-electron chi connectivity index (χ0n) is 47.0. The lowest BCUT2D eigenvalue weighted by Crippen LogP contribution is -2.46. The van der Waals surface area contributed by atoms with Gasteiger partial charge in [0.05, 0.1) is 41.4 Å². The van der Waals surface area contributed by atoms with E-state index in [1.165, 1.54) is 38.0 Å². The van der Waals surface area contributed by atoms with Gasteiger partial charge in [0, 0.05) is 54.4 Å². The van der Waals surface area contributed by atoms with Gasteiger partial charge < -0.3 is 36.5 Å². The number of H-pyrrole nitrogens is 1. The van der Waals surface area contributed by atoms with Crippen LogP contribution >= 0.6 is 62.1 Å². The van der Waals surface area contributed by atoms with E-state index in [0.717, 1.165) is 87.8 Å². The lowest BCUT2D eigenvalue weighted by Gasteiger charge is -2.36. The van der Waals surface area contributed by atoms with Crippen LogP contribution in [0.5, 0.6) is 17.5 Å². The predicted molar refractivity (Wildman–Crippen MR) is 283 cm³/mol. The van der Waals surface area contributed by atoms with Crippen molar-refractivity contribution in [1.29, 1.82) is 0 Å². The van der Waals surface area contributed by atoms with Gasteiger partial charge in [0.25, 0.3) is 0 Å². The zero-order chi connectivity index (χ0) is 58.9. The average Bonchev–Trinajstić information content (AvgIpc) is 4.42. The van der Waals surface area contributed by atoms with Crippen LogP contribution in [0.2, 0.25) is 10.4 Å². The van der Waals surface area contributed by atoms with Crippen molar-refractivity contribution in [2.45, 2.75) is 71.9 Å². The summed E-state index contributed by atoms with van der Waals surface area (Å²) < 4.78 is 83.5. The second-order valence-electron chi connectivity index (χ2n) is 17.9. The van der Waals surface area contributed by atoms with Crippen LogP contribution in [0.25, 0.3) is 33.1 Å².